The maximum Gasteiger partial charge on any atom is 0.0853 e. The molecule has 0 atom stereocenters. The Hall–Kier alpha value is -1.87. The summed E-state index contributed by atoms with van der Waals surface area (Å²) in [6, 6.07) is 10.5. The second-order valence-corrected chi connectivity index (χ2v) is 6.29. The van der Waals surface area contributed by atoms with Crippen LogP contribution in [-0.4, -0.2) is 14.7 Å². The average Bonchev–Trinajstić information content (AvgIpc) is 2.91. The van der Waals surface area contributed by atoms with Gasteiger partial charge in [0.1, 0.15) is 0 Å². The van der Waals surface area contributed by atoms with Crippen molar-refractivity contribution in [3.63, 3.8) is 0 Å². The molecule has 0 saturated heterocycles. The van der Waals surface area contributed by atoms with E-state index in [0.717, 1.165) is 12.2 Å². The Labute approximate surface area is 138 Å². The Morgan fingerprint density at radius 1 is 0.957 bits per heavy atom. The summed E-state index contributed by atoms with van der Waals surface area (Å²) in [6.45, 7) is 3.29. The third kappa shape index (κ3) is 3.40. The highest BCUT2D eigenvalue weighted by Crippen LogP contribution is 2.29. The summed E-state index contributed by atoms with van der Waals surface area (Å²) in [4.78, 5) is 4.38. The molecule has 3 rings (SSSR count). The first-order valence-electron chi connectivity index (χ1n) is 8.82. The second-order valence-electron chi connectivity index (χ2n) is 6.29. The number of benzene rings is 1. The van der Waals surface area contributed by atoms with Crippen molar-refractivity contribution in [3.8, 4) is 0 Å². The fraction of sp³-hybridized carbons (Fsp3) is 0.450. The Balaban J connectivity index is 1.85. The number of fused-ring (bicyclic) bond motifs is 3. The van der Waals surface area contributed by atoms with Gasteiger partial charge in [-0.15, -0.1) is 0 Å². The van der Waals surface area contributed by atoms with Crippen LogP contribution in [0.25, 0.3) is 21.8 Å². The molecule has 1 N–H and O–H groups in total. The van der Waals surface area contributed by atoms with E-state index in [1.807, 2.05) is 12.3 Å². The van der Waals surface area contributed by atoms with Crippen LogP contribution in [0.15, 0.2) is 36.5 Å². The maximum atomic E-state index is 9.35. The molecule has 2 heterocycles. The van der Waals surface area contributed by atoms with Crippen molar-refractivity contribution in [1.29, 1.82) is 0 Å². The third-order valence-electron chi connectivity index (χ3n) is 4.61. The molecule has 0 fully saturated rings. The average molecular weight is 310 g/mol. The van der Waals surface area contributed by atoms with E-state index in [-0.39, 0.29) is 6.61 Å². The van der Waals surface area contributed by atoms with Gasteiger partial charge in [0.2, 0.25) is 0 Å². The van der Waals surface area contributed by atoms with Gasteiger partial charge in [0.15, 0.2) is 0 Å². The van der Waals surface area contributed by atoms with Gasteiger partial charge in [-0.3, -0.25) is 4.98 Å². The molecule has 0 saturated carbocycles. The van der Waals surface area contributed by atoms with Crippen LogP contribution in [0.4, 0.5) is 0 Å². The van der Waals surface area contributed by atoms with Crippen LogP contribution >= 0.6 is 0 Å². The molecule has 0 bridgehead atoms. The molecule has 3 heteroatoms. The van der Waals surface area contributed by atoms with Gasteiger partial charge in [-0.2, -0.15) is 0 Å². The summed E-state index contributed by atoms with van der Waals surface area (Å²) in [7, 11) is 0. The number of pyridine rings is 1. The Morgan fingerprint density at radius 3 is 2.57 bits per heavy atom. The molecular formula is C20H26N2O. The highest BCUT2D eigenvalue weighted by molar-refractivity contribution is 6.07. The zero-order valence-corrected chi connectivity index (χ0v) is 14.0. The van der Waals surface area contributed by atoms with Gasteiger partial charge in [-0.05, 0) is 18.6 Å². The molecule has 0 unspecified atom stereocenters. The number of unbranched alkanes of at least 4 members (excludes halogenated alkanes) is 5. The standard InChI is InChI=1S/C20H26N2O/c1-2-3-4-5-6-9-12-22-19-11-8-7-10-17(19)18-13-16(15-23)21-14-20(18)22/h7-8,10-11,13-14,23H,2-6,9,12,15H2,1H3. The lowest BCUT2D eigenvalue weighted by Gasteiger charge is -2.07. The summed E-state index contributed by atoms with van der Waals surface area (Å²) in [6.07, 6.45) is 9.74. The van der Waals surface area contributed by atoms with Crippen LogP contribution in [0, 0.1) is 0 Å². The number of hydrogen-bond acceptors (Lipinski definition) is 2. The van der Waals surface area contributed by atoms with Crippen molar-refractivity contribution in [1.82, 2.24) is 9.55 Å². The fourth-order valence-electron chi connectivity index (χ4n) is 3.37. The van der Waals surface area contributed by atoms with Crippen LogP contribution in [0.1, 0.15) is 51.1 Å². The fourth-order valence-corrected chi connectivity index (χ4v) is 3.37. The van der Waals surface area contributed by atoms with Gasteiger partial charge in [-0.1, -0.05) is 57.2 Å². The van der Waals surface area contributed by atoms with E-state index in [9.17, 15) is 5.11 Å². The van der Waals surface area contributed by atoms with E-state index < -0.39 is 0 Å². The molecule has 0 aliphatic heterocycles. The highest BCUT2D eigenvalue weighted by atomic mass is 16.3. The van der Waals surface area contributed by atoms with Crippen molar-refractivity contribution < 1.29 is 5.11 Å². The summed E-state index contributed by atoms with van der Waals surface area (Å²) >= 11 is 0. The lowest BCUT2D eigenvalue weighted by Crippen LogP contribution is -1.98. The first-order valence-corrected chi connectivity index (χ1v) is 8.82. The minimum atomic E-state index is -0.00707. The largest absolute Gasteiger partial charge is 0.390 e. The van der Waals surface area contributed by atoms with Crippen molar-refractivity contribution >= 4 is 21.8 Å². The third-order valence-corrected chi connectivity index (χ3v) is 4.61. The van der Waals surface area contributed by atoms with E-state index >= 15 is 0 Å². The Morgan fingerprint density at radius 2 is 1.74 bits per heavy atom. The molecule has 0 spiro atoms. The van der Waals surface area contributed by atoms with Crippen molar-refractivity contribution in [3.05, 3.63) is 42.2 Å². The molecule has 0 aliphatic carbocycles. The molecule has 3 nitrogen and oxygen atoms in total. The predicted octanol–water partition coefficient (Wildman–Crippen LogP) is 5.04. The highest BCUT2D eigenvalue weighted by Gasteiger charge is 2.11. The van der Waals surface area contributed by atoms with E-state index in [2.05, 4.69) is 40.7 Å². The number of aliphatic hydroxyl groups is 1. The van der Waals surface area contributed by atoms with Crippen molar-refractivity contribution in [2.45, 2.75) is 58.6 Å². The molecule has 2 aromatic heterocycles. The van der Waals surface area contributed by atoms with Gasteiger partial charge in [-0.25, -0.2) is 0 Å². The zero-order chi connectivity index (χ0) is 16.1. The molecule has 0 aliphatic rings. The van der Waals surface area contributed by atoms with E-state index in [0.29, 0.717) is 0 Å². The van der Waals surface area contributed by atoms with Crippen molar-refractivity contribution in [2.24, 2.45) is 0 Å². The van der Waals surface area contributed by atoms with Crippen molar-refractivity contribution in [2.75, 3.05) is 0 Å². The van der Waals surface area contributed by atoms with Crippen LogP contribution in [-0.2, 0) is 13.2 Å². The summed E-state index contributed by atoms with van der Waals surface area (Å²) < 4.78 is 2.39. The lowest BCUT2D eigenvalue weighted by molar-refractivity contribution is 0.277. The van der Waals surface area contributed by atoms with Crippen LogP contribution in [0.3, 0.4) is 0 Å². The Bertz CT molecular complexity index is 776. The normalized spacial score (nSPS) is 11.6. The number of aliphatic hydroxyl groups excluding tert-OH is 1. The van der Waals surface area contributed by atoms with E-state index in [4.69, 9.17) is 0 Å². The van der Waals surface area contributed by atoms with Gasteiger partial charge < -0.3 is 9.67 Å². The van der Waals surface area contributed by atoms with E-state index in [1.165, 1.54) is 60.3 Å². The number of hydrogen-bond donors (Lipinski definition) is 1. The summed E-state index contributed by atoms with van der Waals surface area (Å²) in [5.41, 5.74) is 3.19. The topological polar surface area (TPSA) is 38.0 Å². The van der Waals surface area contributed by atoms with Crippen LogP contribution in [0.5, 0.6) is 0 Å². The summed E-state index contributed by atoms with van der Waals surface area (Å²) in [5, 5.41) is 11.8. The smallest absolute Gasteiger partial charge is 0.0853 e. The van der Waals surface area contributed by atoms with E-state index in [1.54, 1.807) is 0 Å². The Kier molecular flexibility index (Phi) is 5.29. The number of para-hydroxylation sites is 1. The predicted molar refractivity (Wildman–Crippen MR) is 96.5 cm³/mol. The molecule has 0 amide bonds. The summed E-state index contributed by atoms with van der Waals surface area (Å²) in [5.74, 6) is 0. The first kappa shape index (κ1) is 16.0. The monoisotopic (exact) mass is 310 g/mol. The number of rotatable bonds is 8. The molecule has 122 valence electrons. The molecular weight excluding hydrogens is 284 g/mol. The number of aryl methyl sites for hydroxylation is 1. The lowest BCUT2D eigenvalue weighted by atomic mass is 10.1. The first-order chi connectivity index (χ1) is 11.3. The minimum absolute atomic E-state index is 0.00707. The van der Waals surface area contributed by atoms with Crippen LogP contribution in [0.2, 0.25) is 0 Å². The maximum absolute atomic E-state index is 9.35. The number of aromatic nitrogens is 2. The minimum Gasteiger partial charge on any atom is -0.390 e. The number of nitrogens with zero attached hydrogens (tertiary/aromatic N) is 2. The molecule has 0 radical (unpaired) electrons. The van der Waals surface area contributed by atoms with Gasteiger partial charge in [0.25, 0.3) is 0 Å². The molecule has 3 aromatic rings. The quantitative estimate of drug-likeness (QED) is 0.592. The molecule has 1 aromatic carbocycles. The second kappa shape index (κ2) is 7.60. The van der Waals surface area contributed by atoms with Gasteiger partial charge in [0.05, 0.1) is 24.0 Å². The zero-order valence-electron chi connectivity index (χ0n) is 14.0. The molecule has 23 heavy (non-hydrogen) atoms. The van der Waals surface area contributed by atoms with Gasteiger partial charge in [0, 0.05) is 22.8 Å². The van der Waals surface area contributed by atoms with Crippen LogP contribution < -0.4 is 0 Å². The van der Waals surface area contributed by atoms with Gasteiger partial charge >= 0.3 is 0 Å². The SMILES string of the molecule is CCCCCCCCn1c2ccccc2c2cc(CO)ncc21.